The van der Waals surface area contributed by atoms with Crippen LogP contribution in [0.3, 0.4) is 0 Å². The highest BCUT2D eigenvalue weighted by Crippen LogP contribution is 2.32. The number of fused-ring (bicyclic) bond motifs is 2. The lowest BCUT2D eigenvalue weighted by atomic mass is 9.84. The number of halogens is 2. The number of pyridine rings is 1. The smallest absolute Gasteiger partial charge is 0.127 e. The fraction of sp³-hybridized carbons (Fsp3) is 0.200. The molecule has 4 heteroatoms. The first kappa shape index (κ1) is 15.3. The highest BCUT2D eigenvalue weighted by atomic mass is 35.5. The third kappa shape index (κ3) is 2.49. The molecule has 1 aromatic heterocycles. The van der Waals surface area contributed by atoms with Crippen molar-refractivity contribution in [3.8, 4) is 0 Å². The van der Waals surface area contributed by atoms with Crippen molar-refractivity contribution in [2.75, 3.05) is 0 Å². The predicted molar refractivity (Wildman–Crippen MR) is 96.6 cm³/mol. The molecule has 4 rings (SSSR count). The molecule has 0 bridgehead atoms. The van der Waals surface area contributed by atoms with E-state index in [1.807, 2.05) is 38.1 Å². The summed E-state index contributed by atoms with van der Waals surface area (Å²) in [5.74, 6) is -0.173. The highest BCUT2D eigenvalue weighted by molar-refractivity contribution is 6.35. The predicted octanol–water partition coefficient (Wildman–Crippen LogP) is 5.20. The number of aromatic nitrogens is 1. The van der Waals surface area contributed by atoms with Crippen molar-refractivity contribution >= 4 is 28.2 Å². The molecule has 0 saturated heterocycles. The summed E-state index contributed by atoms with van der Waals surface area (Å²) in [7, 11) is 0. The maximum atomic E-state index is 14.3. The van der Waals surface area contributed by atoms with E-state index in [0.717, 1.165) is 33.3 Å². The summed E-state index contributed by atoms with van der Waals surface area (Å²) in [4.78, 5) is 9.22. The third-order valence-corrected chi connectivity index (χ3v) is 4.69. The lowest BCUT2D eigenvalue weighted by molar-refractivity contribution is 0.492. The van der Waals surface area contributed by atoms with Gasteiger partial charge in [0.25, 0.3) is 0 Å². The Balaban J connectivity index is 1.97. The molecular weight excluding hydrogens is 323 g/mol. The molecule has 0 radical (unpaired) electrons. The first-order valence-corrected chi connectivity index (χ1v) is 8.25. The molecule has 0 aliphatic carbocycles. The van der Waals surface area contributed by atoms with E-state index in [9.17, 15) is 4.39 Å². The van der Waals surface area contributed by atoms with Gasteiger partial charge in [0.2, 0.25) is 0 Å². The fourth-order valence-electron chi connectivity index (χ4n) is 3.28. The van der Waals surface area contributed by atoms with E-state index in [2.05, 4.69) is 4.98 Å². The first-order chi connectivity index (χ1) is 11.4. The van der Waals surface area contributed by atoms with E-state index >= 15 is 0 Å². The van der Waals surface area contributed by atoms with Crippen LogP contribution in [0.15, 0.2) is 53.7 Å². The topological polar surface area (TPSA) is 25.2 Å². The maximum absolute atomic E-state index is 14.3. The van der Waals surface area contributed by atoms with Crippen molar-refractivity contribution in [2.45, 2.75) is 25.8 Å². The van der Waals surface area contributed by atoms with E-state index in [1.165, 1.54) is 6.07 Å². The molecule has 2 nitrogen and oxygen atoms in total. The maximum Gasteiger partial charge on any atom is 0.127 e. The number of hydrogen-bond acceptors (Lipinski definition) is 2. The molecule has 0 atom stereocenters. The molecular formula is C20H16ClFN2. The molecule has 0 saturated carbocycles. The van der Waals surface area contributed by atoms with Crippen LogP contribution < -0.4 is 0 Å². The quantitative estimate of drug-likeness (QED) is 0.598. The molecule has 0 unspecified atom stereocenters. The zero-order valence-corrected chi connectivity index (χ0v) is 14.2. The molecule has 2 heterocycles. The molecule has 24 heavy (non-hydrogen) atoms. The Morgan fingerprint density at radius 2 is 1.96 bits per heavy atom. The van der Waals surface area contributed by atoms with Crippen molar-refractivity contribution in [1.29, 1.82) is 0 Å². The molecule has 0 fully saturated rings. The van der Waals surface area contributed by atoms with Crippen molar-refractivity contribution in [2.24, 2.45) is 4.99 Å². The van der Waals surface area contributed by atoms with Crippen LogP contribution in [0.2, 0.25) is 5.02 Å². The van der Waals surface area contributed by atoms with Gasteiger partial charge in [0.1, 0.15) is 5.82 Å². The zero-order valence-electron chi connectivity index (χ0n) is 13.5. The Hall–Kier alpha value is -2.26. The normalized spacial score (nSPS) is 15.9. The SMILES string of the molecule is CC1(C)Cc2c(F)cccc2C(c2ccc3nccc(Cl)c3c2)=N1. The van der Waals surface area contributed by atoms with Gasteiger partial charge in [-0.2, -0.15) is 0 Å². The summed E-state index contributed by atoms with van der Waals surface area (Å²) in [6, 6.07) is 12.8. The summed E-state index contributed by atoms with van der Waals surface area (Å²) >= 11 is 6.31. The molecule has 120 valence electrons. The van der Waals surface area contributed by atoms with E-state index in [1.54, 1.807) is 18.3 Å². The summed E-state index contributed by atoms with van der Waals surface area (Å²) in [5, 5.41) is 1.53. The van der Waals surface area contributed by atoms with Crippen LogP contribution in [0.25, 0.3) is 10.9 Å². The second-order valence-electron chi connectivity index (χ2n) is 6.74. The van der Waals surface area contributed by atoms with E-state index in [-0.39, 0.29) is 11.4 Å². The van der Waals surface area contributed by atoms with Crippen molar-refractivity contribution in [3.63, 3.8) is 0 Å². The van der Waals surface area contributed by atoms with Crippen molar-refractivity contribution < 1.29 is 4.39 Å². The lowest BCUT2D eigenvalue weighted by Gasteiger charge is -2.29. The number of benzene rings is 2. The minimum atomic E-state index is -0.349. The number of aliphatic imine (C=N–C) groups is 1. The highest BCUT2D eigenvalue weighted by Gasteiger charge is 2.29. The Morgan fingerprint density at radius 1 is 1.12 bits per heavy atom. The second-order valence-corrected chi connectivity index (χ2v) is 7.15. The lowest BCUT2D eigenvalue weighted by Crippen LogP contribution is -2.30. The van der Waals surface area contributed by atoms with E-state index in [4.69, 9.17) is 16.6 Å². The van der Waals surface area contributed by atoms with Gasteiger partial charge in [0, 0.05) is 29.1 Å². The van der Waals surface area contributed by atoms with Crippen LogP contribution >= 0.6 is 11.6 Å². The van der Waals surface area contributed by atoms with Crippen LogP contribution in [0.1, 0.15) is 30.5 Å². The van der Waals surface area contributed by atoms with E-state index in [0.29, 0.717) is 11.4 Å². The summed E-state index contributed by atoms with van der Waals surface area (Å²) in [5.41, 5.74) is 3.80. The van der Waals surface area contributed by atoms with Gasteiger partial charge >= 0.3 is 0 Å². The number of rotatable bonds is 1. The Morgan fingerprint density at radius 3 is 2.79 bits per heavy atom. The second kappa shape index (κ2) is 5.38. The largest absolute Gasteiger partial charge is 0.278 e. The number of hydrogen-bond donors (Lipinski definition) is 0. The molecule has 3 aromatic rings. The fourth-order valence-corrected chi connectivity index (χ4v) is 3.48. The van der Waals surface area contributed by atoms with Gasteiger partial charge in [-0.15, -0.1) is 0 Å². The van der Waals surface area contributed by atoms with Gasteiger partial charge in [0.15, 0.2) is 0 Å². The third-order valence-electron chi connectivity index (χ3n) is 4.36. The summed E-state index contributed by atoms with van der Waals surface area (Å²) in [6.45, 7) is 4.05. The Kier molecular flexibility index (Phi) is 3.43. The minimum Gasteiger partial charge on any atom is -0.278 e. The van der Waals surface area contributed by atoms with Crippen LogP contribution in [-0.4, -0.2) is 16.2 Å². The molecule has 0 amide bonds. The molecule has 2 aromatic carbocycles. The Bertz CT molecular complexity index is 992. The van der Waals surface area contributed by atoms with Gasteiger partial charge in [-0.05, 0) is 43.7 Å². The molecule has 1 aliphatic rings. The summed E-state index contributed by atoms with van der Waals surface area (Å²) < 4.78 is 14.3. The van der Waals surface area contributed by atoms with Gasteiger partial charge in [-0.3, -0.25) is 9.98 Å². The average molecular weight is 339 g/mol. The summed E-state index contributed by atoms with van der Waals surface area (Å²) in [6.07, 6.45) is 2.28. The van der Waals surface area contributed by atoms with Crippen LogP contribution in [-0.2, 0) is 6.42 Å². The van der Waals surface area contributed by atoms with Crippen LogP contribution in [0, 0.1) is 5.82 Å². The van der Waals surface area contributed by atoms with Crippen LogP contribution in [0.4, 0.5) is 4.39 Å². The molecule has 1 aliphatic heterocycles. The zero-order chi connectivity index (χ0) is 16.9. The van der Waals surface area contributed by atoms with E-state index < -0.39 is 0 Å². The average Bonchev–Trinajstić information content (AvgIpc) is 2.55. The minimum absolute atomic E-state index is 0.173. The van der Waals surface area contributed by atoms with Gasteiger partial charge in [0.05, 0.1) is 21.8 Å². The number of nitrogens with zero attached hydrogens (tertiary/aromatic N) is 2. The van der Waals surface area contributed by atoms with Gasteiger partial charge in [-0.25, -0.2) is 4.39 Å². The Labute approximate surface area is 145 Å². The monoisotopic (exact) mass is 338 g/mol. The van der Waals surface area contributed by atoms with Gasteiger partial charge in [-0.1, -0.05) is 29.8 Å². The molecule has 0 spiro atoms. The van der Waals surface area contributed by atoms with Gasteiger partial charge < -0.3 is 0 Å². The van der Waals surface area contributed by atoms with Crippen molar-refractivity contribution in [1.82, 2.24) is 4.98 Å². The van der Waals surface area contributed by atoms with Crippen LogP contribution in [0.5, 0.6) is 0 Å². The van der Waals surface area contributed by atoms with Crippen molar-refractivity contribution in [3.05, 3.63) is 76.2 Å². The standard InChI is InChI=1S/C20H16ClFN2/c1-20(2)11-15-13(4-3-5-17(15)22)19(24-20)12-6-7-18-14(10-12)16(21)8-9-23-18/h3-10H,11H2,1-2H3. The first-order valence-electron chi connectivity index (χ1n) is 7.87. The molecule has 0 N–H and O–H groups in total.